The Morgan fingerprint density at radius 1 is 1.31 bits per heavy atom. The molecule has 0 radical (unpaired) electrons. The summed E-state index contributed by atoms with van der Waals surface area (Å²) in [7, 11) is 0. The Morgan fingerprint density at radius 2 is 2.12 bits per heavy atom. The van der Waals surface area contributed by atoms with E-state index in [2.05, 4.69) is 35.6 Å². The van der Waals surface area contributed by atoms with Gasteiger partial charge in [0, 0.05) is 11.1 Å². The highest BCUT2D eigenvalue weighted by Crippen LogP contribution is 2.25. The largest absolute Gasteiger partial charge is 0.236 e. The van der Waals surface area contributed by atoms with Crippen LogP contribution >= 0.6 is 24.4 Å². The minimum Gasteiger partial charge on any atom is -0.236 e. The molecule has 0 bridgehead atoms. The van der Waals surface area contributed by atoms with E-state index in [9.17, 15) is 0 Å². The molecule has 0 N–H and O–H groups in total. The zero-order valence-corrected chi connectivity index (χ0v) is 10.8. The molecule has 2 rings (SSSR count). The Labute approximate surface area is 105 Å². The first-order chi connectivity index (χ1) is 7.81. The summed E-state index contributed by atoms with van der Waals surface area (Å²) in [4.78, 5) is 8.59. The summed E-state index contributed by atoms with van der Waals surface area (Å²) in [6, 6.07) is 8.12. The third kappa shape index (κ3) is 2.68. The van der Waals surface area contributed by atoms with Gasteiger partial charge < -0.3 is 0 Å². The molecule has 84 valence electrons. The second kappa shape index (κ2) is 5.55. The Morgan fingerprint density at radius 3 is 2.94 bits per heavy atom. The van der Waals surface area contributed by atoms with Gasteiger partial charge in [0.25, 0.3) is 0 Å². The van der Waals surface area contributed by atoms with Gasteiger partial charge in [0.15, 0.2) is 0 Å². The van der Waals surface area contributed by atoms with Gasteiger partial charge in [-0.05, 0) is 17.7 Å². The van der Waals surface area contributed by atoms with Crippen LogP contribution in [0.4, 0.5) is 0 Å². The molecule has 1 heterocycles. The minimum absolute atomic E-state index is 0.599. The van der Waals surface area contributed by atoms with Gasteiger partial charge in [-0.15, -0.1) is 11.8 Å². The number of benzene rings is 1. The monoisotopic (exact) mass is 250 g/mol. The molecule has 1 aromatic carbocycles. The number of fused-ring (bicyclic) bond motifs is 1. The Bertz CT molecular complexity index is 468. The molecule has 0 aliphatic heterocycles. The van der Waals surface area contributed by atoms with E-state index in [1.54, 1.807) is 18.1 Å². The maximum Gasteiger partial charge on any atom is 0.117 e. The molecule has 0 saturated carbocycles. The zero-order valence-electron chi connectivity index (χ0n) is 9.13. The lowest BCUT2D eigenvalue weighted by molar-refractivity contribution is 0.766. The van der Waals surface area contributed by atoms with Crippen molar-refractivity contribution in [3.63, 3.8) is 0 Å². The molecule has 16 heavy (non-hydrogen) atoms. The van der Waals surface area contributed by atoms with E-state index in [1.165, 1.54) is 0 Å². The van der Waals surface area contributed by atoms with E-state index in [1.807, 2.05) is 18.2 Å². The number of para-hydroxylation sites is 1. The highest BCUT2D eigenvalue weighted by molar-refractivity contribution is 7.99. The van der Waals surface area contributed by atoms with E-state index >= 15 is 0 Å². The van der Waals surface area contributed by atoms with Gasteiger partial charge in [-0.3, -0.25) is 0 Å². The molecule has 0 amide bonds. The van der Waals surface area contributed by atoms with Crippen LogP contribution in [0.15, 0.2) is 35.6 Å². The molecule has 2 aromatic rings. The van der Waals surface area contributed by atoms with Crippen LogP contribution in [0.2, 0.25) is 0 Å². The maximum atomic E-state index is 4.34. The van der Waals surface area contributed by atoms with Crippen molar-refractivity contribution in [3.8, 4) is 0 Å². The molecule has 1 unspecified atom stereocenters. The third-order valence-electron chi connectivity index (χ3n) is 2.32. The second-order valence-electron chi connectivity index (χ2n) is 3.79. The number of hydrogen-bond acceptors (Lipinski definition) is 4. The van der Waals surface area contributed by atoms with Gasteiger partial charge in [0.2, 0.25) is 0 Å². The fraction of sp³-hybridized carbons (Fsp3) is 0.333. The standard InChI is InChI=1S/C12H14N2S2/c1-9(6-15)7-16-12-10-4-2-3-5-11(10)13-8-14-12/h2-5,8-9,15H,6-7H2,1H3. The highest BCUT2D eigenvalue weighted by atomic mass is 32.2. The number of aromatic nitrogens is 2. The predicted octanol–water partition coefficient (Wildman–Crippen LogP) is 3.29. The smallest absolute Gasteiger partial charge is 0.117 e. The Kier molecular flexibility index (Phi) is 4.07. The Balaban J connectivity index is 2.23. The van der Waals surface area contributed by atoms with Crippen molar-refractivity contribution >= 4 is 35.3 Å². The summed E-state index contributed by atoms with van der Waals surface area (Å²) in [5.41, 5.74) is 1.01. The fourth-order valence-electron chi connectivity index (χ4n) is 1.37. The van der Waals surface area contributed by atoms with Gasteiger partial charge >= 0.3 is 0 Å². The van der Waals surface area contributed by atoms with Crippen molar-refractivity contribution in [2.75, 3.05) is 11.5 Å². The van der Waals surface area contributed by atoms with Crippen LogP contribution in [0.5, 0.6) is 0 Å². The van der Waals surface area contributed by atoms with Crippen LogP contribution in [0.3, 0.4) is 0 Å². The molecular formula is C12H14N2S2. The SMILES string of the molecule is CC(CS)CSc1ncnc2ccccc12. The van der Waals surface area contributed by atoms with E-state index in [-0.39, 0.29) is 0 Å². The summed E-state index contributed by atoms with van der Waals surface area (Å²) < 4.78 is 0. The maximum absolute atomic E-state index is 4.34. The number of thioether (sulfide) groups is 1. The molecule has 2 nitrogen and oxygen atoms in total. The van der Waals surface area contributed by atoms with Crippen molar-refractivity contribution in [3.05, 3.63) is 30.6 Å². The van der Waals surface area contributed by atoms with E-state index in [0.717, 1.165) is 27.4 Å². The van der Waals surface area contributed by atoms with Crippen molar-refractivity contribution in [2.45, 2.75) is 11.9 Å². The van der Waals surface area contributed by atoms with Crippen LogP contribution in [0.25, 0.3) is 10.9 Å². The predicted molar refractivity (Wildman–Crippen MR) is 73.3 cm³/mol. The Hall–Kier alpha value is -0.740. The molecule has 1 atom stereocenters. The molecule has 0 saturated heterocycles. The average Bonchev–Trinajstić information content (AvgIpc) is 2.35. The topological polar surface area (TPSA) is 25.8 Å². The summed E-state index contributed by atoms with van der Waals surface area (Å²) in [6.45, 7) is 2.20. The first-order valence-electron chi connectivity index (χ1n) is 5.24. The lowest BCUT2D eigenvalue weighted by Crippen LogP contribution is -2.00. The van der Waals surface area contributed by atoms with Gasteiger partial charge in [0.05, 0.1) is 5.52 Å². The van der Waals surface area contributed by atoms with Gasteiger partial charge in [-0.1, -0.05) is 25.1 Å². The first-order valence-corrected chi connectivity index (χ1v) is 6.86. The molecule has 0 fully saturated rings. The van der Waals surface area contributed by atoms with E-state index in [0.29, 0.717) is 5.92 Å². The average molecular weight is 250 g/mol. The lowest BCUT2D eigenvalue weighted by atomic mass is 10.2. The van der Waals surface area contributed by atoms with Crippen molar-refractivity contribution in [2.24, 2.45) is 5.92 Å². The van der Waals surface area contributed by atoms with Gasteiger partial charge in [0.1, 0.15) is 11.4 Å². The van der Waals surface area contributed by atoms with Gasteiger partial charge in [-0.25, -0.2) is 9.97 Å². The normalized spacial score (nSPS) is 12.9. The quantitative estimate of drug-likeness (QED) is 0.512. The molecule has 0 aliphatic rings. The minimum atomic E-state index is 0.599. The molecule has 1 aromatic heterocycles. The molecule has 0 aliphatic carbocycles. The summed E-state index contributed by atoms with van der Waals surface area (Å²) >= 11 is 6.07. The summed E-state index contributed by atoms with van der Waals surface area (Å²) in [5.74, 6) is 2.56. The van der Waals surface area contributed by atoms with Gasteiger partial charge in [-0.2, -0.15) is 12.6 Å². The van der Waals surface area contributed by atoms with Crippen molar-refractivity contribution in [1.82, 2.24) is 9.97 Å². The molecule has 4 heteroatoms. The van der Waals surface area contributed by atoms with Crippen LogP contribution in [-0.2, 0) is 0 Å². The second-order valence-corrected chi connectivity index (χ2v) is 5.17. The van der Waals surface area contributed by atoms with Crippen molar-refractivity contribution < 1.29 is 0 Å². The molecule has 0 spiro atoms. The summed E-state index contributed by atoms with van der Waals surface area (Å²) in [5, 5.41) is 2.21. The van der Waals surface area contributed by atoms with Crippen molar-refractivity contribution in [1.29, 1.82) is 0 Å². The number of thiol groups is 1. The number of hydrogen-bond donors (Lipinski definition) is 1. The number of nitrogens with zero attached hydrogens (tertiary/aromatic N) is 2. The lowest BCUT2D eigenvalue weighted by Gasteiger charge is -2.08. The van der Waals surface area contributed by atoms with E-state index < -0.39 is 0 Å². The fourth-order valence-corrected chi connectivity index (χ4v) is 2.68. The number of rotatable bonds is 4. The van der Waals surface area contributed by atoms with Crippen LogP contribution in [0, 0.1) is 5.92 Å². The highest BCUT2D eigenvalue weighted by Gasteiger charge is 2.06. The molecular weight excluding hydrogens is 236 g/mol. The van der Waals surface area contributed by atoms with Crippen LogP contribution in [-0.4, -0.2) is 21.5 Å². The third-order valence-corrected chi connectivity index (χ3v) is 4.28. The zero-order chi connectivity index (χ0) is 11.4. The van der Waals surface area contributed by atoms with Crippen LogP contribution < -0.4 is 0 Å². The first kappa shape index (κ1) is 11.7. The van der Waals surface area contributed by atoms with Crippen LogP contribution in [0.1, 0.15) is 6.92 Å². The van der Waals surface area contributed by atoms with E-state index in [4.69, 9.17) is 0 Å². The summed E-state index contributed by atoms with van der Waals surface area (Å²) in [6.07, 6.45) is 1.63.